The molecule has 0 amide bonds. The van der Waals surface area contributed by atoms with Gasteiger partial charge in [0.25, 0.3) is 0 Å². The van der Waals surface area contributed by atoms with Crippen LogP contribution in [0.1, 0.15) is 0 Å². The van der Waals surface area contributed by atoms with Crippen LogP contribution in [0.15, 0.2) is 0 Å². The maximum absolute atomic E-state index is 8.88. The van der Waals surface area contributed by atoms with E-state index in [9.17, 15) is 0 Å². The number of phosphoric acid groups is 1. The Morgan fingerprint density at radius 2 is 1.14 bits per heavy atom. The molecule has 0 saturated heterocycles. The summed E-state index contributed by atoms with van der Waals surface area (Å²) in [6, 6.07) is 0. The fraction of sp³-hybridized carbons (Fsp3) is 0. The second-order valence-electron chi connectivity index (χ2n) is 0.513. The second kappa shape index (κ2) is 5.55. The Morgan fingerprint density at radius 3 is 1.14 bits per heavy atom. The topological polar surface area (TPSA) is 77.8 Å². The van der Waals surface area contributed by atoms with Gasteiger partial charge < -0.3 is 14.7 Å². The van der Waals surface area contributed by atoms with Crippen LogP contribution < -0.4 is 0 Å². The summed E-state index contributed by atoms with van der Waals surface area (Å²) in [5.74, 6) is 0. The van der Waals surface area contributed by atoms with E-state index in [1.54, 1.807) is 0 Å². The molecule has 3 N–H and O–H groups in total. The van der Waals surface area contributed by atoms with E-state index in [4.69, 9.17) is 19.2 Å². The van der Waals surface area contributed by atoms with Crippen LogP contribution in [0.25, 0.3) is 0 Å². The van der Waals surface area contributed by atoms with Gasteiger partial charge in [0.15, 0.2) is 0 Å². The maximum atomic E-state index is 8.88. The van der Waals surface area contributed by atoms with E-state index < -0.39 is 7.82 Å². The van der Waals surface area contributed by atoms with Gasteiger partial charge in [-0.3, -0.25) is 0 Å². The summed E-state index contributed by atoms with van der Waals surface area (Å²) in [6.45, 7) is 0. The van der Waals surface area contributed by atoms with Crippen LogP contribution in [0.3, 0.4) is 0 Å². The minimum atomic E-state index is -4.64. The second-order valence-corrected chi connectivity index (χ2v) is 1.54. The van der Waals surface area contributed by atoms with Crippen LogP contribution in [0.4, 0.5) is 0 Å². The molecule has 0 heterocycles. The average Bonchev–Trinajstić information content (AvgIpc) is 0.722. The van der Waals surface area contributed by atoms with Gasteiger partial charge in [-0.1, -0.05) is 0 Å². The van der Waals surface area contributed by atoms with Crippen LogP contribution in [-0.2, 0) is 4.57 Å². The number of hydrogen-bond acceptors (Lipinski definition) is 1. The summed E-state index contributed by atoms with van der Waals surface area (Å²) in [5.41, 5.74) is 0. The van der Waals surface area contributed by atoms with E-state index in [-0.39, 0.29) is 35.7 Å². The van der Waals surface area contributed by atoms with Crippen LogP contribution >= 0.6 is 17.7 Å². The molecule has 0 aliphatic heterocycles. The van der Waals surface area contributed by atoms with Crippen molar-refractivity contribution in [1.82, 2.24) is 0 Å². The molecule has 0 saturated carbocycles. The van der Waals surface area contributed by atoms with Crippen molar-refractivity contribution in [2.45, 2.75) is 0 Å². The fourth-order valence-corrected chi connectivity index (χ4v) is 0. The summed E-state index contributed by atoms with van der Waals surface area (Å²) >= 11 is 0. The molecule has 0 aliphatic carbocycles. The molecule has 0 aromatic rings. The summed E-state index contributed by atoms with van der Waals surface area (Å²) in [6.07, 6.45) is 0. The predicted octanol–water partition coefficient (Wildman–Crippen LogP) is -2.05. The first-order valence-electron chi connectivity index (χ1n) is 0.783. The van der Waals surface area contributed by atoms with Gasteiger partial charge in [0.1, 0.15) is 0 Å². The van der Waals surface area contributed by atoms with Crippen molar-refractivity contribution in [3.8, 4) is 0 Å². The van der Waals surface area contributed by atoms with Crippen LogP contribution in [0.2, 0.25) is 0 Å². The Hall–Kier alpha value is 1.41. The molecule has 0 rings (SSSR count). The molecule has 0 aromatic carbocycles. The monoisotopic (exact) mass is 250 g/mol. The summed E-state index contributed by atoms with van der Waals surface area (Å²) in [4.78, 5) is 21.6. The Balaban J connectivity index is -0.0000000800. The van der Waals surface area contributed by atoms with Crippen molar-refractivity contribution in [3.63, 3.8) is 0 Å². The molecule has 46 valence electrons. The van der Waals surface area contributed by atoms with Gasteiger partial charge in [-0.05, 0) is 0 Å². The van der Waals surface area contributed by atoms with E-state index in [1.165, 1.54) is 0 Å². The Labute approximate surface area is 63.0 Å². The van der Waals surface area contributed by atoms with E-state index in [0.29, 0.717) is 0 Å². The molecule has 4 nitrogen and oxygen atoms in total. The number of rotatable bonds is 0. The van der Waals surface area contributed by atoms with Crippen molar-refractivity contribution in [3.05, 3.63) is 0 Å². The van der Waals surface area contributed by atoms with Gasteiger partial charge in [0, 0.05) is 0 Å². The first-order valence-corrected chi connectivity index (χ1v) is 2.35. The van der Waals surface area contributed by atoms with Crippen LogP contribution in [-0.4, -0.2) is 40.5 Å². The zero-order chi connectivity index (χ0) is 4.50. The molecule has 0 fully saturated rings. The van der Waals surface area contributed by atoms with Gasteiger partial charge in [0.05, 0.1) is 0 Å². The van der Waals surface area contributed by atoms with E-state index in [1.807, 2.05) is 0 Å². The van der Waals surface area contributed by atoms with E-state index >= 15 is 0 Å². The van der Waals surface area contributed by atoms with E-state index in [0.717, 1.165) is 0 Å². The molecular formula is H9InO4P2. The van der Waals surface area contributed by atoms with Gasteiger partial charge >= 0.3 is 33.7 Å². The fourth-order valence-electron chi connectivity index (χ4n) is 0. The summed E-state index contributed by atoms with van der Waals surface area (Å²) < 4.78 is 8.88. The Morgan fingerprint density at radius 1 is 1.14 bits per heavy atom. The van der Waals surface area contributed by atoms with Crippen molar-refractivity contribution >= 4 is 43.6 Å². The van der Waals surface area contributed by atoms with Gasteiger partial charge in [0.2, 0.25) is 0 Å². The molecule has 7 heavy (non-hydrogen) atoms. The van der Waals surface area contributed by atoms with Crippen molar-refractivity contribution in [2.24, 2.45) is 0 Å². The third kappa shape index (κ3) is 109. The minimum absolute atomic E-state index is 0. The third-order valence-electron chi connectivity index (χ3n) is 0. The molecule has 0 aromatic heterocycles. The van der Waals surface area contributed by atoms with Crippen molar-refractivity contribution < 1.29 is 19.2 Å². The van der Waals surface area contributed by atoms with E-state index in [2.05, 4.69) is 0 Å². The normalized spacial score (nSPS) is 8.43. The van der Waals surface area contributed by atoms with Crippen LogP contribution in [0, 0.1) is 0 Å². The quantitative estimate of drug-likeness (QED) is 0.432. The summed E-state index contributed by atoms with van der Waals surface area (Å²) in [5, 5.41) is 0. The molecular weight excluding hydrogens is 241 g/mol. The molecule has 1 unspecified atom stereocenters. The SMILES string of the molecule is O=P(O)(O)O.P.[InH3]. The zero-order valence-electron chi connectivity index (χ0n) is 2.90. The predicted molar refractivity (Wildman–Crippen MR) is 35.3 cm³/mol. The van der Waals surface area contributed by atoms with Gasteiger partial charge in [-0.2, -0.15) is 9.90 Å². The Kier molecular flexibility index (Phi) is 12.5. The van der Waals surface area contributed by atoms with Crippen molar-refractivity contribution in [2.75, 3.05) is 0 Å². The molecule has 0 aliphatic rings. The Bertz CT molecular complexity index is 55.8. The van der Waals surface area contributed by atoms with Gasteiger partial charge in [-0.25, -0.2) is 4.57 Å². The zero-order valence-corrected chi connectivity index (χ0v) is 5.21. The average molecular weight is 250 g/mol. The third-order valence-corrected chi connectivity index (χ3v) is 0. The molecule has 0 bridgehead atoms. The summed E-state index contributed by atoms with van der Waals surface area (Å²) in [7, 11) is -4.64. The standard InChI is InChI=1S/In.H3O4P.H3P.3H/c;1-5(2,3)4;;;;/h;(H3,1,2,3,4);1H3;;;. The van der Waals surface area contributed by atoms with Gasteiger partial charge in [-0.15, -0.1) is 0 Å². The molecule has 0 spiro atoms. The van der Waals surface area contributed by atoms with Crippen molar-refractivity contribution in [1.29, 1.82) is 0 Å². The van der Waals surface area contributed by atoms with Crippen LogP contribution in [0.5, 0.6) is 0 Å². The first-order chi connectivity index (χ1) is 2.00. The number of hydrogen-bond donors (Lipinski definition) is 3. The molecule has 0 radical (unpaired) electrons. The molecule has 7 heteroatoms. The molecule has 1 atom stereocenters. The first kappa shape index (κ1) is 15.8.